The van der Waals surface area contributed by atoms with Gasteiger partial charge in [-0.2, -0.15) is 0 Å². The summed E-state index contributed by atoms with van der Waals surface area (Å²) in [5, 5.41) is 0.915. The van der Waals surface area contributed by atoms with Crippen LogP contribution in [0.3, 0.4) is 0 Å². The van der Waals surface area contributed by atoms with Crippen molar-refractivity contribution < 1.29 is 0 Å². The maximum Gasteiger partial charge on any atom is 0.0447 e. The normalized spacial score (nSPS) is 19.2. The summed E-state index contributed by atoms with van der Waals surface area (Å²) in [5.74, 6) is 0.503. The first kappa shape index (κ1) is 12.2. The summed E-state index contributed by atoms with van der Waals surface area (Å²) in [4.78, 5) is 0. The summed E-state index contributed by atoms with van der Waals surface area (Å²) >= 11 is 6.44. The summed E-state index contributed by atoms with van der Waals surface area (Å²) in [7, 11) is 0. The highest BCUT2D eigenvalue weighted by Crippen LogP contribution is 2.45. The number of hydrogen-bond donors (Lipinski definition) is 0. The fourth-order valence-electron chi connectivity index (χ4n) is 3.77. The van der Waals surface area contributed by atoms with Gasteiger partial charge in [0, 0.05) is 5.02 Å². The second-order valence-electron chi connectivity index (χ2n) is 5.91. The fraction of sp³-hybridized carbons (Fsp3) is 0.263. The number of hydrogen-bond acceptors (Lipinski definition) is 0. The molecule has 2 aliphatic carbocycles. The molecule has 4 rings (SSSR count). The van der Waals surface area contributed by atoms with Gasteiger partial charge < -0.3 is 0 Å². The van der Waals surface area contributed by atoms with Crippen molar-refractivity contribution in [2.45, 2.75) is 32.1 Å². The molecule has 2 aliphatic rings. The van der Waals surface area contributed by atoms with Crippen LogP contribution in [0.4, 0.5) is 0 Å². The Hall–Kier alpha value is -1.53. The van der Waals surface area contributed by atoms with Gasteiger partial charge in [-0.05, 0) is 64.6 Å². The molecule has 100 valence electrons. The quantitative estimate of drug-likeness (QED) is 0.587. The van der Waals surface area contributed by atoms with Crippen LogP contribution in [0, 0.1) is 0 Å². The molecule has 1 heteroatoms. The van der Waals surface area contributed by atoms with Crippen LogP contribution in [0.1, 0.15) is 41.5 Å². The van der Waals surface area contributed by atoms with Gasteiger partial charge in [0.05, 0.1) is 0 Å². The van der Waals surface area contributed by atoms with Crippen LogP contribution in [-0.4, -0.2) is 0 Å². The zero-order valence-corrected chi connectivity index (χ0v) is 12.4. The zero-order valence-electron chi connectivity index (χ0n) is 11.6. The third-order valence-electron chi connectivity index (χ3n) is 4.67. The van der Waals surface area contributed by atoms with E-state index in [1.807, 2.05) is 6.07 Å². The van der Waals surface area contributed by atoms with E-state index in [4.69, 9.17) is 11.6 Å². The summed E-state index contributed by atoms with van der Waals surface area (Å²) in [6.45, 7) is 2.30. The molecule has 0 spiro atoms. The van der Waals surface area contributed by atoms with Gasteiger partial charge in [0.25, 0.3) is 0 Å². The van der Waals surface area contributed by atoms with Crippen LogP contribution in [0.2, 0.25) is 5.02 Å². The first-order valence-corrected chi connectivity index (χ1v) is 7.73. The second-order valence-corrected chi connectivity index (χ2v) is 6.31. The lowest BCUT2D eigenvalue weighted by Gasteiger charge is -2.29. The first-order valence-electron chi connectivity index (χ1n) is 7.36. The SMILES string of the molecule is CC1Cc2c(ccc3c2CCC=C3)-c2cccc(Cl)c21. The summed E-state index contributed by atoms with van der Waals surface area (Å²) in [6, 6.07) is 10.9. The molecule has 0 radical (unpaired) electrons. The Labute approximate surface area is 125 Å². The molecule has 0 aromatic heterocycles. The fourth-order valence-corrected chi connectivity index (χ4v) is 4.13. The third kappa shape index (κ3) is 1.68. The summed E-state index contributed by atoms with van der Waals surface area (Å²) in [6.07, 6.45) is 8.02. The summed E-state index contributed by atoms with van der Waals surface area (Å²) < 4.78 is 0. The molecule has 0 heterocycles. The standard InChI is InChI=1S/C19H17Cl/c1-12-11-17-14-6-3-2-5-13(14)9-10-15(17)16-7-4-8-18(20)19(12)16/h2,4-5,7-10,12H,3,6,11H2,1H3. The van der Waals surface area contributed by atoms with Crippen molar-refractivity contribution >= 4 is 17.7 Å². The largest absolute Gasteiger partial charge is 0.0840 e. The molecule has 0 N–H and O–H groups in total. The minimum Gasteiger partial charge on any atom is -0.0840 e. The van der Waals surface area contributed by atoms with E-state index in [9.17, 15) is 0 Å². The maximum atomic E-state index is 6.44. The number of allylic oxidation sites excluding steroid dienone is 1. The first-order chi connectivity index (χ1) is 9.75. The van der Waals surface area contributed by atoms with Crippen LogP contribution < -0.4 is 0 Å². The average molecular weight is 281 g/mol. The van der Waals surface area contributed by atoms with Crippen molar-refractivity contribution in [1.82, 2.24) is 0 Å². The van der Waals surface area contributed by atoms with Crippen molar-refractivity contribution in [3.05, 3.63) is 63.7 Å². The van der Waals surface area contributed by atoms with E-state index in [1.165, 1.54) is 35.1 Å². The minimum atomic E-state index is 0.503. The molecule has 0 nitrogen and oxygen atoms in total. The van der Waals surface area contributed by atoms with E-state index in [1.54, 1.807) is 11.1 Å². The van der Waals surface area contributed by atoms with Gasteiger partial charge in [-0.15, -0.1) is 0 Å². The monoisotopic (exact) mass is 280 g/mol. The number of rotatable bonds is 0. The van der Waals surface area contributed by atoms with E-state index < -0.39 is 0 Å². The Kier molecular flexibility index (Phi) is 2.75. The van der Waals surface area contributed by atoms with E-state index in [0.717, 1.165) is 11.4 Å². The molecule has 2 aromatic rings. The van der Waals surface area contributed by atoms with Crippen molar-refractivity contribution in [1.29, 1.82) is 0 Å². The van der Waals surface area contributed by atoms with Crippen LogP contribution in [0.5, 0.6) is 0 Å². The molecule has 1 unspecified atom stereocenters. The lowest BCUT2D eigenvalue weighted by atomic mass is 9.75. The second kappa shape index (κ2) is 4.49. The highest BCUT2D eigenvalue weighted by Gasteiger charge is 2.26. The van der Waals surface area contributed by atoms with Crippen LogP contribution >= 0.6 is 11.6 Å². The van der Waals surface area contributed by atoms with Gasteiger partial charge in [-0.25, -0.2) is 0 Å². The molecule has 0 saturated heterocycles. The molecular formula is C19H17Cl. The lowest BCUT2D eigenvalue weighted by molar-refractivity contribution is 0.738. The Morgan fingerprint density at radius 1 is 1.05 bits per heavy atom. The molecule has 0 fully saturated rings. The molecule has 0 saturated carbocycles. The van der Waals surface area contributed by atoms with Crippen molar-refractivity contribution in [2.75, 3.05) is 0 Å². The molecular weight excluding hydrogens is 264 g/mol. The van der Waals surface area contributed by atoms with Crippen LogP contribution in [-0.2, 0) is 12.8 Å². The Morgan fingerprint density at radius 2 is 1.95 bits per heavy atom. The van der Waals surface area contributed by atoms with E-state index in [-0.39, 0.29) is 0 Å². The maximum absolute atomic E-state index is 6.44. The molecule has 0 bridgehead atoms. The van der Waals surface area contributed by atoms with Crippen molar-refractivity contribution in [3.63, 3.8) is 0 Å². The third-order valence-corrected chi connectivity index (χ3v) is 5.00. The van der Waals surface area contributed by atoms with E-state index >= 15 is 0 Å². The number of fused-ring (bicyclic) bond motifs is 5. The van der Waals surface area contributed by atoms with Crippen LogP contribution in [0.15, 0.2) is 36.4 Å². The Bertz CT molecular complexity index is 725. The van der Waals surface area contributed by atoms with E-state index in [2.05, 4.69) is 43.3 Å². The minimum absolute atomic E-state index is 0.503. The predicted molar refractivity (Wildman–Crippen MR) is 86.4 cm³/mol. The highest BCUT2D eigenvalue weighted by atomic mass is 35.5. The van der Waals surface area contributed by atoms with Crippen molar-refractivity contribution in [3.8, 4) is 11.1 Å². The lowest BCUT2D eigenvalue weighted by Crippen LogP contribution is -2.13. The van der Waals surface area contributed by atoms with Gasteiger partial charge >= 0.3 is 0 Å². The van der Waals surface area contributed by atoms with Gasteiger partial charge in [0.1, 0.15) is 0 Å². The van der Waals surface area contributed by atoms with Gasteiger partial charge in [0.15, 0.2) is 0 Å². The molecule has 0 aliphatic heterocycles. The molecule has 20 heavy (non-hydrogen) atoms. The highest BCUT2D eigenvalue weighted by molar-refractivity contribution is 6.32. The average Bonchev–Trinajstić information content (AvgIpc) is 2.47. The van der Waals surface area contributed by atoms with E-state index in [0.29, 0.717) is 5.92 Å². The zero-order chi connectivity index (χ0) is 13.7. The Morgan fingerprint density at radius 3 is 2.85 bits per heavy atom. The van der Waals surface area contributed by atoms with Crippen molar-refractivity contribution in [2.24, 2.45) is 0 Å². The number of halogens is 1. The molecule has 1 atom stereocenters. The van der Waals surface area contributed by atoms with Gasteiger partial charge in [-0.3, -0.25) is 0 Å². The van der Waals surface area contributed by atoms with Gasteiger partial charge in [-0.1, -0.05) is 54.9 Å². The summed E-state index contributed by atoms with van der Waals surface area (Å²) in [5.41, 5.74) is 8.58. The van der Waals surface area contributed by atoms with Crippen LogP contribution in [0.25, 0.3) is 17.2 Å². The smallest absolute Gasteiger partial charge is 0.0447 e. The molecule has 2 aromatic carbocycles. The topological polar surface area (TPSA) is 0 Å². The predicted octanol–water partition coefficient (Wildman–Crippen LogP) is 5.63. The molecule has 0 amide bonds. The van der Waals surface area contributed by atoms with Gasteiger partial charge in [0.2, 0.25) is 0 Å². The number of benzene rings is 2. The Balaban J connectivity index is 2.02.